The van der Waals surface area contributed by atoms with Crippen LogP contribution in [0.1, 0.15) is 58.3 Å². The normalized spacial score (nSPS) is 35.7. The monoisotopic (exact) mass is 268 g/mol. The zero-order chi connectivity index (χ0) is 13.7. The average Bonchev–Trinajstić information content (AvgIpc) is 2.40. The van der Waals surface area contributed by atoms with E-state index in [2.05, 4.69) is 17.6 Å². The maximum Gasteiger partial charge on any atom is 0.315 e. The molecule has 0 bridgehead atoms. The number of nitrogens with one attached hydrogen (secondary N) is 2. The Hall–Kier alpha value is -0.770. The number of carbonyl (C=O) groups excluding carboxylic acids is 1. The maximum atomic E-state index is 11.9. The molecule has 0 aromatic heterocycles. The molecule has 0 radical (unpaired) electrons. The molecule has 0 heterocycles. The molecule has 2 aliphatic carbocycles. The lowest BCUT2D eigenvalue weighted by atomic mass is 9.80. The fourth-order valence-corrected chi connectivity index (χ4v) is 3.38. The van der Waals surface area contributed by atoms with Crippen molar-refractivity contribution >= 4 is 6.03 Å². The average molecular weight is 268 g/mol. The Bertz CT molecular complexity index is 288. The van der Waals surface area contributed by atoms with Gasteiger partial charge in [-0.2, -0.15) is 0 Å². The van der Waals surface area contributed by atoms with Crippen LogP contribution >= 0.6 is 0 Å². The lowest BCUT2D eigenvalue weighted by molar-refractivity contribution is 0.117. The zero-order valence-corrected chi connectivity index (χ0v) is 12.0. The van der Waals surface area contributed by atoms with E-state index in [4.69, 9.17) is 0 Å². The fraction of sp³-hybridized carbons (Fsp3) is 0.933. The minimum Gasteiger partial charge on any atom is -0.393 e. The third-order valence-corrected chi connectivity index (χ3v) is 4.85. The van der Waals surface area contributed by atoms with Gasteiger partial charge in [0, 0.05) is 12.6 Å². The van der Waals surface area contributed by atoms with Crippen molar-refractivity contribution in [3.05, 3.63) is 0 Å². The minimum absolute atomic E-state index is 0.0286. The van der Waals surface area contributed by atoms with Crippen LogP contribution in [0, 0.1) is 11.8 Å². The van der Waals surface area contributed by atoms with Crippen LogP contribution < -0.4 is 10.6 Å². The molecule has 4 nitrogen and oxygen atoms in total. The van der Waals surface area contributed by atoms with Crippen LogP contribution in [0.3, 0.4) is 0 Å². The van der Waals surface area contributed by atoms with E-state index in [9.17, 15) is 9.90 Å². The van der Waals surface area contributed by atoms with Gasteiger partial charge >= 0.3 is 6.03 Å². The van der Waals surface area contributed by atoms with Gasteiger partial charge in [0.25, 0.3) is 0 Å². The standard InChI is InChI=1S/C15H28N2O2/c1-11-4-2-3-5-12(11)10-16-15(19)17-13-6-8-14(18)9-7-13/h11-14,18H,2-10H2,1H3,(H2,16,17,19). The molecule has 2 amide bonds. The zero-order valence-electron chi connectivity index (χ0n) is 12.0. The van der Waals surface area contributed by atoms with E-state index in [-0.39, 0.29) is 18.2 Å². The number of rotatable bonds is 3. The summed E-state index contributed by atoms with van der Waals surface area (Å²) in [6, 6.07) is 0.214. The number of urea groups is 1. The van der Waals surface area contributed by atoms with Crippen LogP contribution in [0.2, 0.25) is 0 Å². The highest BCUT2D eigenvalue weighted by Crippen LogP contribution is 2.28. The second-order valence-corrected chi connectivity index (χ2v) is 6.38. The summed E-state index contributed by atoms with van der Waals surface area (Å²) < 4.78 is 0. The Morgan fingerprint density at radius 3 is 2.47 bits per heavy atom. The Labute approximate surface area is 116 Å². The molecule has 2 fully saturated rings. The fourth-order valence-electron chi connectivity index (χ4n) is 3.38. The van der Waals surface area contributed by atoms with Crippen molar-refractivity contribution in [2.45, 2.75) is 70.4 Å². The molecular weight excluding hydrogens is 240 g/mol. The lowest BCUT2D eigenvalue weighted by Gasteiger charge is -2.30. The van der Waals surface area contributed by atoms with E-state index in [0.29, 0.717) is 5.92 Å². The number of carbonyl (C=O) groups is 1. The molecule has 2 atom stereocenters. The van der Waals surface area contributed by atoms with Gasteiger partial charge in [0.15, 0.2) is 0 Å². The van der Waals surface area contributed by atoms with E-state index < -0.39 is 0 Å². The molecule has 2 rings (SSSR count). The summed E-state index contributed by atoms with van der Waals surface area (Å²) in [6.45, 7) is 3.11. The Kier molecular flexibility index (Phi) is 5.49. The molecule has 0 aromatic rings. The van der Waals surface area contributed by atoms with Crippen LogP contribution in [0.5, 0.6) is 0 Å². The van der Waals surface area contributed by atoms with E-state index in [1.165, 1.54) is 25.7 Å². The lowest BCUT2D eigenvalue weighted by Crippen LogP contribution is -2.46. The number of hydrogen-bond acceptors (Lipinski definition) is 2. The van der Waals surface area contributed by atoms with Gasteiger partial charge in [-0.1, -0.05) is 26.2 Å². The summed E-state index contributed by atoms with van der Waals surface area (Å²) >= 11 is 0. The molecule has 0 aliphatic heterocycles. The van der Waals surface area contributed by atoms with Gasteiger partial charge < -0.3 is 15.7 Å². The van der Waals surface area contributed by atoms with Gasteiger partial charge in [-0.25, -0.2) is 4.79 Å². The van der Waals surface area contributed by atoms with E-state index in [1.807, 2.05) is 0 Å². The van der Waals surface area contributed by atoms with Crippen molar-refractivity contribution in [1.29, 1.82) is 0 Å². The topological polar surface area (TPSA) is 61.4 Å². The second kappa shape index (κ2) is 7.13. The maximum absolute atomic E-state index is 11.9. The third kappa shape index (κ3) is 4.68. The van der Waals surface area contributed by atoms with Crippen molar-refractivity contribution in [3.63, 3.8) is 0 Å². The van der Waals surface area contributed by atoms with E-state index in [0.717, 1.165) is 38.1 Å². The number of hydrogen-bond donors (Lipinski definition) is 3. The SMILES string of the molecule is CC1CCCCC1CNC(=O)NC1CCC(O)CC1. The van der Waals surface area contributed by atoms with Crippen LogP contribution in [-0.4, -0.2) is 29.8 Å². The smallest absolute Gasteiger partial charge is 0.315 e. The summed E-state index contributed by atoms with van der Waals surface area (Å²) in [4.78, 5) is 11.9. The minimum atomic E-state index is -0.163. The largest absolute Gasteiger partial charge is 0.393 e. The second-order valence-electron chi connectivity index (χ2n) is 6.38. The molecule has 2 unspecified atom stereocenters. The van der Waals surface area contributed by atoms with Gasteiger partial charge in [-0.15, -0.1) is 0 Å². The number of amides is 2. The summed E-state index contributed by atoms with van der Waals surface area (Å²) in [6.07, 6.45) is 8.45. The highest BCUT2D eigenvalue weighted by atomic mass is 16.3. The van der Waals surface area contributed by atoms with Gasteiger partial charge in [-0.05, 0) is 43.9 Å². The summed E-state index contributed by atoms with van der Waals surface area (Å²) in [5, 5.41) is 15.5. The molecule has 2 aliphatic rings. The van der Waals surface area contributed by atoms with Gasteiger partial charge in [0.1, 0.15) is 0 Å². The van der Waals surface area contributed by atoms with Crippen molar-refractivity contribution in [1.82, 2.24) is 10.6 Å². The van der Waals surface area contributed by atoms with E-state index in [1.54, 1.807) is 0 Å². The van der Waals surface area contributed by atoms with Gasteiger partial charge in [-0.3, -0.25) is 0 Å². The predicted molar refractivity (Wildman–Crippen MR) is 75.9 cm³/mol. The molecule has 110 valence electrons. The first-order valence-electron chi connectivity index (χ1n) is 7.87. The first-order chi connectivity index (χ1) is 9.15. The summed E-state index contributed by atoms with van der Waals surface area (Å²) in [7, 11) is 0. The number of aliphatic hydroxyl groups is 1. The van der Waals surface area contributed by atoms with Crippen molar-refractivity contribution in [2.75, 3.05) is 6.54 Å². The van der Waals surface area contributed by atoms with Crippen LogP contribution in [0.15, 0.2) is 0 Å². The summed E-state index contributed by atoms with van der Waals surface area (Å²) in [5.41, 5.74) is 0. The highest BCUT2D eigenvalue weighted by Gasteiger charge is 2.23. The van der Waals surface area contributed by atoms with E-state index >= 15 is 0 Å². The first-order valence-corrected chi connectivity index (χ1v) is 7.87. The molecule has 0 saturated heterocycles. The van der Waals surface area contributed by atoms with Gasteiger partial charge in [0.05, 0.1) is 6.10 Å². The van der Waals surface area contributed by atoms with Crippen LogP contribution in [-0.2, 0) is 0 Å². The molecule has 2 saturated carbocycles. The van der Waals surface area contributed by atoms with Crippen LogP contribution in [0.4, 0.5) is 4.79 Å². The van der Waals surface area contributed by atoms with Crippen molar-refractivity contribution in [3.8, 4) is 0 Å². The molecule has 3 N–H and O–H groups in total. The third-order valence-electron chi connectivity index (χ3n) is 4.85. The Morgan fingerprint density at radius 2 is 1.79 bits per heavy atom. The van der Waals surface area contributed by atoms with Crippen LogP contribution in [0.25, 0.3) is 0 Å². The first kappa shape index (κ1) is 14.6. The quantitative estimate of drug-likeness (QED) is 0.736. The van der Waals surface area contributed by atoms with Crippen molar-refractivity contribution < 1.29 is 9.90 Å². The Balaban J connectivity index is 1.64. The molecule has 0 spiro atoms. The highest BCUT2D eigenvalue weighted by molar-refractivity contribution is 5.74. The molecule has 4 heteroatoms. The predicted octanol–water partition coefficient (Wildman–Crippen LogP) is 2.42. The van der Waals surface area contributed by atoms with Gasteiger partial charge in [0.2, 0.25) is 0 Å². The summed E-state index contributed by atoms with van der Waals surface area (Å²) in [5.74, 6) is 1.38. The Morgan fingerprint density at radius 1 is 1.11 bits per heavy atom. The van der Waals surface area contributed by atoms with Crippen molar-refractivity contribution in [2.24, 2.45) is 11.8 Å². The number of aliphatic hydroxyl groups excluding tert-OH is 1. The molecular formula is C15H28N2O2. The molecule has 19 heavy (non-hydrogen) atoms. The molecule has 0 aromatic carbocycles.